The lowest BCUT2D eigenvalue weighted by Gasteiger charge is -2.07. The van der Waals surface area contributed by atoms with Crippen molar-refractivity contribution in [2.75, 3.05) is 0 Å². The Balaban J connectivity index is 2.03. The predicted molar refractivity (Wildman–Crippen MR) is 103 cm³/mol. The Labute approximate surface area is 170 Å². The van der Waals surface area contributed by atoms with Crippen LogP contribution in [-0.4, -0.2) is 19.7 Å². The van der Waals surface area contributed by atoms with Crippen LogP contribution >= 0.6 is 23.2 Å². The lowest BCUT2D eigenvalue weighted by molar-refractivity contribution is -0.140. The molecule has 0 radical (unpaired) electrons. The maximum atomic E-state index is 13.6. The minimum atomic E-state index is -4.80. The second-order valence-electron chi connectivity index (χ2n) is 6.16. The number of nitrogens with one attached hydrogen (secondary N) is 1. The van der Waals surface area contributed by atoms with Crippen molar-refractivity contribution in [2.45, 2.75) is 6.18 Å². The van der Waals surface area contributed by atoms with Gasteiger partial charge in [0, 0.05) is 21.8 Å². The Morgan fingerprint density at radius 2 is 1.66 bits per heavy atom. The van der Waals surface area contributed by atoms with E-state index >= 15 is 0 Å². The van der Waals surface area contributed by atoms with Crippen molar-refractivity contribution >= 4 is 28.8 Å². The number of benzene rings is 2. The van der Waals surface area contributed by atoms with Gasteiger partial charge in [-0.3, -0.25) is 4.79 Å². The fourth-order valence-electron chi connectivity index (χ4n) is 3.03. The Bertz CT molecular complexity index is 1300. The van der Waals surface area contributed by atoms with Gasteiger partial charge in [-0.15, -0.1) is 0 Å². The summed E-state index contributed by atoms with van der Waals surface area (Å²) in [7, 11) is 0. The van der Waals surface area contributed by atoms with Crippen molar-refractivity contribution in [2.24, 2.45) is 0 Å². The number of alkyl halides is 3. The molecule has 5 nitrogen and oxygen atoms in total. The topological polar surface area (TPSA) is 70.4 Å². The van der Waals surface area contributed by atoms with E-state index < -0.39 is 17.4 Å². The highest BCUT2D eigenvalue weighted by molar-refractivity contribution is 6.31. The molecule has 0 amide bonds. The first-order chi connectivity index (χ1) is 13.7. The summed E-state index contributed by atoms with van der Waals surface area (Å²) in [5.74, 6) is -0.288. The fraction of sp³-hybridized carbons (Fsp3) is 0.0526. The molecule has 148 valence electrons. The number of H-pyrrole nitrogens is 1. The van der Waals surface area contributed by atoms with Gasteiger partial charge in [0.15, 0.2) is 5.69 Å². The van der Waals surface area contributed by atoms with Crippen LogP contribution in [-0.2, 0) is 6.18 Å². The quantitative estimate of drug-likeness (QED) is 0.439. The van der Waals surface area contributed by atoms with Gasteiger partial charge >= 0.3 is 6.18 Å². The highest BCUT2D eigenvalue weighted by atomic mass is 35.5. The van der Waals surface area contributed by atoms with Crippen LogP contribution in [0.2, 0.25) is 10.0 Å². The number of halogens is 5. The average molecular weight is 440 g/mol. The van der Waals surface area contributed by atoms with E-state index in [1.54, 1.807) is 0 Å². The Morgan fingerprint density at radius 3 is 2.28 bits per heavy atom. The molecule has 10 heteroatoms. The summed E-state index contributed by atoms with van der Waals surface area (Å²) in [5, 5.41) is 14.2. The highest BCUT2D eigenvalue weighted by Gasteiger charge is 2.39. The number of aromatic nitrogens is 3. The zero-order chi connectivity index (χ0) is 20.9. The Kier molecular flexibility index (Phi) is 4.55. The van der Waals surface area contributed by atoms with Crippen LogP contribution < -0.4 is 5.56 Å². The molecule has 29 heavy (non-hydrogen) atoms. The van der Waals surface area contributed by atoms with E-state index in [-0.39, 0.29) is 38.7 Å². The summed E-state index contributed by atoms with van der Waals surface area (Å²) in [5.41, 5.74) is -2.23. The molecule has 2 aromatic carbocycles. The molecule has 0 unspecified atom stereocenters. The number of phenolic OH excluding ortho intramolecular Hbond substituents is 1. The molecule has 0 aliphatic carbocycles. The van der Waals surface area contributed by atoms with E-state index in [2.05, 4.69) is 10.1 Å². The number of fused-ring (bicyclic) bond motifs is 1. The maximum Gasteiger partial charge on any atom is 0.435 e. The Morgan fingerprint density at radius 1 is 1.00 bits per heavy atom. The number of rotatable bonds is 2. The third kappa shape index (κ3) is 3.34. The third-order valence-corrected chi connectivity index (χ3v) is 4.80. The van der Waals surface area contributed by atoms with Crippen LogP contribution in [0.3, 0.4) is 0 Å². The number of phenols is 1. The summed E-state index contributed by atoms with van der Waals surface area (Å²) < 4.78 is 41.6. The van der Waals surface area contributed by atoms with Crippen molar-refractivity contribution in [3.63, 3.8) is 0 Å². The lowest BCUT2D eigenvalue weighted by atomic mass is 10.1. The number of aromatic amines is 1. The first kappa shape index (κ1) is 19.4. The molecule has 0 aliphatic heterocycles. The van der Waals surface area contributed by atoms with E-state index in [4.69, 9.17) is 23.2 Å². The minimum absolute atomic E-state index is 0.0643. The molecule has 2 N–H and O–H groups in total. The summed E-state index contributed by atoms with van der Waals surface area (Å²) in [6, 6.07) is 9.77. The number of hydrogen-bond donors (Lipinski definition) is 2. The molecule has 2 heterocycles. The molecule has 0 fully saturated rings. The first-order valence-electron chi connectivity index (χ1n) is 8.13. The van der Waals surface area contributed by atoms with Gasteiger partial charge in [0.05, 0.1) is 11.1 Å². The summed E-state index contributed by atoms with van der Waals surface area (Å²) in [4.78, 5) is 15.6. The first-order valence-corrected chi connectivity index (χ1v) is 8.89. The number of nitrogens with zero attached hydrogens (tertiary/aromatic N) is 2. The third-order valence-electron chi connectivity index (χ3n) is 4.31. The smallest absolute Gasteiger partial charge is 0.435 e. The molecule has 0 spiro atoms. The monoisotopic (exact) mass is 439 g/mol. The maximum absolute atomic E-state index is 13.6. The zero-order valence-corrected chi connectivity index (χ0v) is 15.8. The van der Waals surface area contributed by atoms with Crippen molar-refractivity contribution in [3.8, 4) is 28.0 Å². The number of aromatic hydroxyl groups is 1. The molecular weight excluding hydrogens is 430 g/mol. The fourth-order valence-corrected chi connectivity index (χ4v) is 3.32. The molecule has 0 bridgehead atoms. The van der Waals surface area contributed by atoms with Crippen molar-refractivity contribution in [1.82, 2.24) is 14.6 Å². The lowest BCUT2D eigenvalue weighted by Crippen LogP contribution is -2.18. The second-order valence-corrected chi connectivity index (χ2v) is 7.03. The van der Waals surface area contributed by atoms with E-state index in [0.717, 1.165) is 0 Å². The van der Waals surface area contributed by atoms with E-state index in [1.807, 2.05) is 0 Å². The van der Waals surface area contributed by atoms with Crippen LogP contribution in [0.15, 0.2) is 53.5 Å². The van der Waals surface area contributed by atoms with Gasteiger partial charge in [-0.1, -0.05) is 35.3 Å². The van der Waals surface area contributed by atoms with E-state index in [1.165, 1.54) is 48.7 Å². The summed E-state index contributed by atoms with van der Waals surface area (Å²) >= 11 is 11.6. The molecule has 0 saturated carbocycles. The average Bonchev–Trinajstić information content (AvgIpc) is 3.04. The van der Waals surface area contributed by atoms with Gasteiger partial charge < -0.3 is 10.1 Å². The van der Waals surface area contributed by atoms with Gasteiger partial charge in [-0.2, -0.15) is 22.8 Å². The van der Waals surface area contributed by atoms with E-state index in [0.29, 0.717) is 9.54 Å². The zero-order valence-electron chi connectivity index (χ0n) is 14.3. The molecule has 0 aliphatic rings. The van der Waals surface area contributed by atoms with Crippen LogP contribution in [0, 0.1) is 0 Å². The predicted octanol–water partition coefficient (Wildman–Crippen LogP) is 5.39. The molecule has 2 aromatic heterocycles. The molecule has 0 atom stereocenters. The van der Waals surface area contributed by atoms with Crippen molar-refractivity contribution < 1.29 is 18.3 Å². The largest absolute Gasteiger partial charge is 0.507 e. The minimum Gasteiger partial charge on any atom is -0.507 e. The Hall–Kier alpha value is -2.97. The van der Waals surface area contributed by atoms with Gasteiger partial charge in [0.25, 0.3) is 5.56 Å². The number of hydrogen-bond acceptors (Lipinski definition) is 3. The normalized spacial score (nSPS) is 11.9. The molecule has 4 aromatic rings. The highest BCUT2D eigenvalue weighted by Crippen LogP contribution is 2.38. The SMILES string of the molecule is O=c1c(-c2ccc(Cl)cc2O)c[nH]c2c(-c3ccc(Cl)cc3)c(C(F)(F)F)nn12. The van der Waals surface area contributed by atoms with Crippen LogP contribution in [0.4, 0.5) is 13.2 Å². The second kappa shape index (κ2) is 6.82. The standard InChI is InChI=1S/C19H10Cl2F3N3O2/c20-10-3-1-9(2-4-10)15-16(19(22,23)24)26-27-17(15)25-8-13(18(27)29)12-6-5-11(21)7-14(12)28/h1-8,25,28H. The van der Waals surface area contributed by atoms with E-state index in [9.17, 15) is 23.1 Å². The summed E-state index contributed by atoms with van der Waals surface area (Å²) in [6.07, 6.45) is -3.58. The van der Waals surface area contributed by atoms with Crippen molar-refractivity contribution in [3.05, 3.63) is 74.8 Å². The van der Waals surface area contributed by atoms with Crippen LogP contribution in [0.25, 0.3) is 27.9 Å². The molecular formula is C19H10Cl2F3N3O2. The van der Waals surface area contributed by atoms with Crippen LogP contribution in [0.1, 0.15) is 5.69 Å². The molecule has 4 rings (SSSR count). The van der Waals surface area contributed by atoms with Crippen LogP contribution in [0.5, 0.6) is 5.75 Å². The van der Waals surface area contributed by atoms with Gasteiger partial charge in [-0.25, -0.2) is 0 Å². The molecule has 0 saturated heterocycles. The van der Waals surface area contributed by atoms with Gasteiger partial charge in [-0.05, 0) is 35.9 Å². The van der Waals surface area contributed by atoms with Gasteiger partial charge in [0.2, 0.25) is 0 Å². The van der Waals surface area contributed by atoms with Crippen molar-refractivity contribution in [1.29, 1.82) is 0 Å². The summed E-state index contributed by atoms with van der Waals surface area (Å²) in [6.45, 7) is 0. The van der Waals surface area contributed by atoms with Gasteiger partial charge in [0.1, 0.15) is 11.4 Å².